The van der Waals surface area contributed by atoms with E-state index in [9.17, 15) is 4.79 Å². The first kappa shape index (κ1) is 13.2. The van der Waals surface area contributed by atoms with Crippen molar-refractivity contribution in [3.05, 3.63) is 65.9 Å². The molecule has 5 nitrogen and oxygen atoms in total. The fourth-order valence-electron chi connectivity index (χ4n) is 2.07. The van der Waals surface area contributed by atoms with E-state index >= 15 is 0 Å². The molecule has 5 heteroatoms. The molecule has 0 spiro atoms. The predicted molar refractivity (Wildman–Crippen MR) is 79.5 cm³/mol. The van der Waals surface area contributed by atoms with Crippen molar-refractivity contribution in [3.63, 3.8) is 0 Å². The summed E-state index contributed by atoms with van der Waals surface area (Å²) in [6, 6.07) is 17.1. The van der Waals surface area contributed by atoms with Gasteiger partial charge >= 0.3 is 6.03 Å². The van der Waals surface area contributed by atoms with Gasteiger partial charge in [-0.25, -0.2) is 4.79 Å². The summed E-state index contributed by atoms with van der Waals surface area (Å²) in [4.78, 5) is 11.8. The summed E-state index contributed by atoms with van der Waals surface area (Å²) in [6.07, 6.45) is 0. The number of fused-ring (bicyclic) bond motifs is 1. The number of carbonyl (C=O) groups is 1. The number of hydrogen-bond acceptors (Lipinski definition) is 3. The highest BCUT2D eigenvalue weighted by molar-refractivity contribution is 5.80. The standard InChI is InChI=1S/C16H15N3O2/c20-16(17-10-12-6-2-1-3-7-12)18-11-14-13-8-4-5-9-15(13)21-19-14/h1-9H,10-11H2,(H2,17,18,20). The lowest BCUT2D eigenvalue weighted by atomic mass is 10.2. The van der Waals surface area contributed by atoms with E-state index in [1.54, 1.807) is 0 Å². The Hall–Kier alpha value is -2.82. The fraction of sp³-hybridized carbons (Fsp3) is 0.125. The lowest BCUT2D eigenvalue weighted by Crippen LogP contribution is -2.34. The van der Waals surface area contributed by atoms with Crippen molar-refractivity contribution in [2.75, 3.05) is 0 Å². The van der Waals surface area contributed by atoms with Gasteiger partial charge in [-0.05, 0) is 17.7 Å². The van der Waals surface area contributed by atoms with Crippen LogP contribution in [-0.2, 0) is 13.1 Å². The molecule has 1 heterocycles. The van der Waals surface area contributed by atoms with Gasteiger partial charge in [-0.3, -0.25) is 0 Å². The van der Waals surface area contributed by atoms with Crippen LogP contribution in [-0.4, -0.2) is 11.2 Å². The maximum atomic E-state index is 11.8. The number of urea groups is 1. The van der Waals surface area contributed by atoms with Crippen LogP contribution in [0.1, 0.15) is 11.3 Å². The maximum absolute atomic E-state index is 11.8. The largest absolute Gasteiger partial charge is 0.356 e. The highest BCUT2D eigenvalue weighted by Gasteiger charge is 2.08. The highest BCUT2D eigenvalue weighted by Crippen LogP contribution is 2.17. The maximum Gasteiger partial charge on any atom is 0.315 e. The number of nitrogens with zero attached hydrogens (tertiary/aromatic N) is 1. The van der Waals surface area contributed by atoms with Gasteiger partial charge in [-0.2, -0.15) is 0 Å². The van der Waals surface area contributed by atoms with Crippen LogP contribution >= 0.6 is 0 Å². The van der Waals surface area contributed by atoms with E-state index < -0.39 is 0 Å². The second-order valence-corrected chi connectivity index (χ2v) is 4.65. The molecule has 2 aromatic carbocycles. The smallest absolute Gasteiger partial charge is 0.315 e. The Balaban J connectivity index is 1.54. The van der Waals surface area contributed by atoms with Gasteiger partial charge in [0, 0.05) is 11.9 Å². The third kappa shape index (κ3) is 3.20. The Bertz CT molecular complexity index is 737. The van der Waals surface area contributed by atoms with Crippen molar-refractivity contribution in [2.24, 2.45) is 0 Å². The molecule has 0 aliphatic heterocycles. The zero-order valence-electron chi connectivity index (χ0n) is 11.4. The molecule has 0 atom stereocenters. The molecular formula is C16H15N3O2. The van der Waals surface area contributed by atoms with E-state index in [0.29, 0.717) is 13.1 Å². The molecule has 21 heavy (non-hydrogen) atoms. The lowest BCUT2D eigenvalue weighted by Gasteiger charge is -2.06. The van der Waals surface area contributed by atoms with Crippen molar-refractivity contribution in [1.29, 1.82) is 0 Å². The Morgan fingerprint density at radius 2 is 1.67 bits per heavy atom. The summed E-state index contributed by atoms with van der Waals surface area (Å²) in [7, 11) is 0. The molecule has 106 valence electrons. The van der Waals surface area contributed by atoms with Crippen LogP contribution in [0, 0.1) is 0 Å². The van der Waals surface area contributed by atoms with E-state index in [4.69, 9.17) is 4.52 Å². The Kier molecular flexibility index (Phi) is 3.82. The van der Waals surface area contributed by atoms with Gasteiger partial charge in [0.05, 0.1) is 6.54 Å². The second-order valence-electron chi connectivity index (χ2n) is 4.65. The van der Waals surface area contributed by atoms with E-state index in [2.05, 4.69) is 15.8 Å². The van der Waals surface area contributed by atoms with E-state index in [1.807, 2.05) is 54.6 Å². The van der Waals surface area contributed by atoms with Crippen LogP contribution in [0.2, 0.25) is 0 Å². The molecule has 0 radical (unpaired) electrons. The van der Waals surface area contributed by atoms with Gasteiger partial charge in [-0.1, -0.05) is 47.6 Å². The number of carbonyl (C=O) groups excluding carboxylic acids is 1. The van der Waals surface area contributed by atoms with Gasteiger partial charge in [0.25, 0.3) is 0 Å². The molecular weight excluding hydrogens is 266 g/mol. The SMILES string of the molecule is O=C(NCc1ccccc1)NCc1noc2ccccc12. The summed E-state index contributed by atoms with van der Waals surface area (Å²) in [5, 5.41) is 10.5. The minimum absolute atomic E-state index is 0.231. The molecule has 0 aliphatic rings. The number of aromatic nitrogens is 1. The van der Waals surface area contributed by atoms with Crippen LogP contribution in [0.25, 0.3) is 11.0 Å². The Labute approximate surface area is 121 Å². The van der Waals surface area contributed by atoms with E-state index in [0.717, 1.165) is 22.2 Å². The van der Waals surface area contributed by atoms with Crippen LogP contribution in [0.3, 0.4) is 0 Å². The molecule has 0 aliphatic carbocycles. The van der Waals surface area contributed by atoms with Crippen molar-refractivity contribution < 1.29 is 9.32 Å². The zero-order chi connectivity index (χ0) is 14.5. The molecule has 0 saturated carbocycles. The van der Waals surface area contributed by atoms with Crippen LogP contribution in [0.15, 0.2) is 59.1 Å². The van der Waals surface area contributed by atoms with Gasteiger partial charge in [0.15, 0.2) is 5.58 Å². The normalized spacial score (nSPS) is 10.5. The van der Waals surface area contributed by atoms with Crippen LogP contribution in [0.4, 0.5) is 4.79 Å². The molecule has 0 bridgehead atoms. The van der Waals surface area contributed by atoms with Crippen molar-refractivity contribution in [3.8, 4) is 0 Å². The quantitative estimate of drug-likeness (QED) is 0.772. The van der Waals surface area contributed by atoms with Gasteiger partial charge < -0.3 is 15.2 Å². The summed E-state index contributed by atoms with van der Waals surface area (Å²) in [5.74, 6) is 0. The average Bonchev–Trinajstić information content (AvgIpc) is 2.95. The molecule has 2 N–H and O–H groups in total. The van der Waals surface area contributed by atoms with Crippen molar-refractivity contribution >= 4 is 17.0 Å². The first-order valence-corrected chi connectivity index (χ1v) is 6.72. The first-order chi connectivity index (χ1) is 10.3. The summed E-state index contributed by atoms with van der Waals surface area (Å²) in [6.45, 7) is 0.823. The number of benzene rings is 2. The average molecular weight is 281 g/mol. The Morgan fingerprint density at radius 3 is 2.52 bits per heavy atom. The van der Waals surface area contributed by atoms with E-state index in [1.165, 1.54) is 0 Å². The van der Waals surface area contributed by atoms with Gasteiger partial charge in [-0.15, -0.1) is 0 Å². The number of hydrogen-bond donors (Lipinski definition) is 2. The van der Waals surface area contributed by atoms with E-state index in [-0.39, 0.29) is 6.03 Å². The number of para-hydroxylation sites is 1. The molecule has 3 aromatic rings. The lowest BCUT2D eigenvalue weighted by molar-refractivity contribution is 0.240. The molecule has 0 unspecified atom stereocenters. The van der Waals surface area contributed by atoms with Crippen LogP contribution < -0.4 is 10.6 Å². The topological polar surface area (TPSA) is 67.2 Å². The zero-order valence-corrected chi connectivity index (χ0v) is 11.4. The minimum atomic E-state index is -0.231. The summed E-state index contributed by atoms with van der Waals surface area (Å²) in [5.41, 5.74) is 2.50. The Morgan fingerprint density at radius 1 is 0.952 bits per heavy atom. The van der Waals surface area contributed by atoms with Crippen molar-refractivity contribution in [2.45, 2.75) is 13.1 Å². The first-order valence-electron chi connectivity index (χ1n) is 6.72. The minimum Gasteiger partial charge on any atom is -0.356 e. The summed E-state index contributed by atoms with van der Waals surface area (Å²) < 4.78 is 5.19. The third-order valence-electron chi connectivity index (χ3n) is 3.16. The molecule has 1 aromatic heterocycles. The number of rotatable bonds is 4. The van der Waals surface area contributed by atoms with Gasteiger partial charge in [0.1, 0.15) is 5.69 Å². The highest BCUT2D eigenvalue weighted by atomic mass is 16.5. The van der Waals surface area contributed by atoms with Crippen LogP contribution in [0.5, 0.6) is 0 Å². The third-order valence-corrected chi connectivity index (χ3v) is 3.16. The van der Waals surface area contributed by atoms with Gasteiger partial charge in [0.2, 0.25) is 0 Å². The second kappa shape index (κ2) is 6.09. The monoisotopic (exact) mass is 281 g/mol. The summed E-state index contributed by atoms with van der Waals surface area (Å²) >= 11 is 0. The van der Waals surface area contributed by atoms with Crippen molar-refractivity contribution in [1.82, 2.24) is 15.8 Å². The molecule has 2 amide bonds. The molecule has 0 saturated heterocycles. The molecule has 0 fully saturated rings. The molecule has 3 rings (SSSR count). The fourth-order valence-corrected chi connectivity index (χ4v) is 2.07. The predicted octanol–water partition coefficient (Wildman–Crippen LogP) is 2.83. The number of nitrogens with one attached hydrogen (secondary N) is 2. The number of amides is 2.